The van der Waals surface area contributed by atoms with Gasteiger partial charge in [-0.25, -0.2) is 4.98 Å². The van der Waals surface area contributed by atoms with Crippen LogP contribution in [0.4, 0.5) is 5.69 Å². The van der Waals surface area contributed by atoms with Crippen LogP contribution in [0.5, 0.6) is 0 Å². The monoisotopic (exact) mass is 288 g/mol. The fraction of sp³-hybridized carbons (Fsp3) is 0.500. The van der Waals surface area contributed by atoms with Crippen LogP contribution >= 0.6 is 23.2 Å². The Bertz CT molecular complexity index is 425. The first kappa shape index (κ1) is 13.4. The molecule has 0 aliphatic carbocycles. The van der Waals surface area contributed by atoms with Crippen molar-refractivity contribution in [1.29, 1.82) is 0 Å². The first-order valence-corrected chi connectivity index (χ1v) is 6.51. The third-order valence-electron chi connectivity index (χ3n) is 3.14. The number of methoxy groups -OCH3 is 1. The highest BCUT2D eigenvalue weighted by atomic mass is 35.5. The fourth-order valence-corrected chi connectivity index (χ4v) is 2.62. The fourth-order valence-electron chi connectivity index (χ4n) is 2.17. The van der Waals surface area contributed by atoms with Crippen molar-refractivity contribution in [2.24, 2.45) is 5.92 Å². The number of esters is 1. The molecule has 4 nitrogen and oxygen atoms in total. The van der Waals surface area contributed by atoms with Gasteiger partial charge in [-0.3, -0.25) is 4.79 Å². The van der Waals surface area contributed by atoms with Crippen LogP contribution in [0.15, 0.2) is 12.1 Å². The Kier molecular flexibility index (Phi) is 4.30. The molecule has 0 amide bonds. The van der Waals surface area contributed by atoms with Crippen molar-refractivity contribution in [2.45, 2.75) is 12.8 Å². The van der Waals surface area contributed by atoms with Gasteiger partial charge in [0.2, 0.25) is 0 Å². The van der Waals surface area contributed by atoms with Gasteiger partial charge >= 0.3 is 5.97 Å². The molecule has 0 N–H and O–H groups in total. The molecule has 0 aromatic carbocycles. The van der Waals surface area contributed by atoms with Gasteiger partial charge in [-0.15, -0.1) is 0 Å². The number of ether oxygens (including phenoxy) is 1. The van der Waals surface area contributed by atoms with Crippen molar-refractivity contribution in [2.75, 3.05) is 25.1 Å². The first-order chi connectivity index (χ1) is 8.60. The van der Waals surface area contributed by atoms with Gasteiger partial charge in [-0.2, -0.15) is 0 Å². The molecular weight excluding hydrogens is 275 g/mol. The molecule has 2 heterocycles. The molecule has 0 radical (unpaired) electrons. The summed E-state index contributed by atoms with van der Waals surface area (Å²) in [4.78, 5) is 17.5. The molecule has 1 aliphatic heterocycles. The summed E-state index contributed by atoms with van der Waals surface area (Å²) in [5.74, 6) is -0.125. The Hall–Kier alpha value is -1.00. The maximum atomic E-state index is 11.4. The van der Waals surface area contributed by atoms with Crippen LogP contribution in [-0.4, -0.2) is 31.2 Å². The Labute approximate surface area is 116 Å². The summed E-state index contributed by atoms with van der Waals surface area (Å²) in [6, 6.07) is 3.57. The highest BCUT2D eigenvalue weighted by Gasteiger charge is 2.25. The summed E-state index contributed by atoms with van der Waals surface area (Å²) in [5.41, 5.74) is 0.948. The van der Waals surface area contributed by atoms with Gasteiger partial charge in [0.05, 0.1) is 13.0 Å². The van der Waals surface area contributed by atoms with Gasteiger partial charge < -0.3 is 9.64 Å². The summed E-state index contributed by atoms with van der Waals surface area (Å²) in [6.07, 6.45) is 1.56. The number of carbonyl (C=O) groups excluding carboxylic acids is 1. The number of rotatable bonds is 2. The van der Waals surface area contributed by atoms with Gasteiger partial charge in [0.15, 0.2) is 0 Å². The molecule has 0 bridgehead atoms. The Morgan fingerprint density at radius 3 is 2.39 bits per heavy atom. The van der Waals surface area contributed by atoms with E-state index < -0.39 is 0 Å². The number of anilines is 1. The average Bonchev–Trinajstić information content (AvgIpc) is 2.37. The zero-order valence-electron chi connectivity index (χ0n) is 10.0. The van der Waals surface area contributed by atoms with Crippen LogP contribution in [0.1, 0.15) is 12.8 Å². The van der Waals surface area contributed by atoms with Crippen molar-refractivity contribution in [3.05, 3.63) is 22.4 Å². The second-order valence-corrected chi connectivity index (χ2v) is 5.03. The molecule has 1 aromatic rings. The third-order valence-corrected chi connectivity index (χ3v) is 3.53. The van der Waals surface area contributed by atoms with E-state index in [0.29, 0.717) is 10.3 Å². The highest BCUT2D eigenvalue weighted by molar-refractivity contribution is 6.32. The van der Waals surface area contributed by atoms with Crippen LogP contribution < -0.4 is 4.90 Å². The van der Waals surface area contributed by atoms with Crippen molar-refractivity contribution >= 4 is 34.9 Å². The highest BCUT2D eigenvalue weighted by Crippen LogP contribution is 2.27. The Balaban J connectivity index is 2.03. The number of carbonyl (C=O) groups is 1. The molecule has 0 saturated carbocycles. The van der Waals surface area contributed by atoms with Crippen LogP contribution in [0.2, 0.25) is 10.3 Å². The van der Waals surface area contributed by atoms with E-state index in [4.69, 9.17) is 27.9 Å². The first-order valence-electron chi connectivity index (χ1n) is 5.76. The second kappa shape index (κ2) is 5.76. The van der Waals surface area contributed by atoms with Crippen molar-refractivity contribution in [3.63, 3.8) is 0 Å². The SMILES string of the molecule is COC(=O)C1CCN(c2cc(Cl)nc(Cl)c2)CC1. The quantitative estimate of drug-likeness (QED) is 0.620. The maximum Gasteiger partial charge on any atom is 0.308 e. The van der Waals surface area contributed by atoms with E-state index >= 15 is 0 Å². The van der Waals surface area contributed by atoms with Crippen LogP contribution in [0.3, 0.4) is 0 Å². The molecule has 0 unspecified atom stereocenters. The standard InChI is InChI=1S/C12H14Cl2N2O2/c1-18-12(17)8-2-4-16(5-3-8)9-6-10(13)15-11(14)7-9/h6-8H,2-5H2,1H3. The smallest absolute Gasteiger partial charge is 0.308 e. The van der Waals surface area contributed by atoms with Crippen molar-refractivity contribution < 1.29 is 9.53 Å². The number of nitrogens with zero attached hydrogens (tertiary/aromatic N) is 2. The zero-order chi connectivity index (χ0) is 13.1. The number of halogens is 2. The number of aromatic nitrogens is 1. The molecule has 1 saturated heterocycles. The van der Waals surface area contributed by atoms with Gasteiger partial charge in [0.25, 0.3) is 0 Å². The molecular formula is C12H14Cl2N2O2. The largest absolute Gasteiger partial charge is 0.469 e. The molecule has 1 fully saturated rings. The predicted molar refractivity (Wildman–Crippen MR) is 71.2 cm³/mol. The summed E-state index contributed by atoms with van der Waals surface area (Å²) >= 11 is 11.7. The summed E-state index contributed by atoms with van der Waals surface area (Å²) in [6.45, 7) is 1.58. The lowest BCUT2D eigenvalue weighted by molar-refractivity contribution is -0.146. The van der Waals surface area contributed by atoms with Gasteiger partial charge in [0, 0.05) is 18.8 Å². The van der Waals surface area contributed by atoms with Crippen LogP contribution in [0.25, 0.3) is 0 Å². The molecule has 2 rings (SSSR count). The van der Waals surface area contributed by atoms with E-state index in [1.807, 2.05) is 0 Å². The number of pyridine rings is 1. The lowest BCUT2D eigenvalue weighted by Crippen LogP contribution is -2.36. The minimum Gasteiger partial charge on any atom is -0.469 e. The van der Waals surface area contributed by atoms with E-state index in [-0.39, 0.29) is 11.9 Å². The maximum absolute atomic E-state index is 11.4. The molecule has 98 valence electrons. The topological polar surface area (TPSA) is 42.4 Å². The van der Waals surface area contributed by atoms with Gasteiger partial charge in [-0.1, -0.05) is 23.2 Å². The number of piperidine rings is 1. The Morgan fingerprint density at radius 2 is 1.89 bits per heavy atom. The lowest BCUT2D eigenvalue weighted by Gasteiger charge is -2.32. The summed E-state index contributed by atoms with van der Waals surface area (Å²) in [5, 5.41) is 0.764. The van der Waals surface area contributed by atoms with Crippen LogP contribution in [0, 0.1) is 5.92 Å². The molecule has 6 heteroatoms. The molecule has 0 spiro atoms. The molecule has 1 aliphatic rings. The van der Waals surface area contributed by atoms with Crippen molar-refractivity contribution in [3.8, 4) is 0 Å². The van der Waals surface area contributed by atoms with E-state index in [2.05, 4.69) is 9.88 Å². The summed E-state index contributed by atoms with van der Waals surface area (Å²) < 4.78 is 4.76. The zero-order valence-corrected chi connectivity index (χ0v) is 11.5. The van der Waals surface area contributed by atoms with Gasteiger partial charge in [0.1, 0.15) is 10.3 Å². The second-order valence-electron chi connectivity index (χ2n) is 4.26. The normalized spacial score (nSPS) is 16.7. The predicted octanol–water partition coefficient (Wildman–Crippen LogP) is 2.78. The van der Waals surface area contributed by atoms with Crippen LogP contribution in [-0.2, 0) is 9.53 Å². The Morgan fingerprint density at radius 1 is 1.33 bits per heavy atom. The van der Waals surface area contributed by atoms with Crippen molar-refractivity contribution in [1.82, 2.24) is 4.98 Å². The van der Waals surface area contributed by atoms with E-state index in [0.717, 1.165) is 31.6 Å². The molecule has 1 aromatic heterocycles. The van der Waals surface area contributed by atoms with E-state index in [1.54, 1.807) is 12.1 Å². The average molecular weight is 289 g/mol. The minimum absolute atomic E-state index is 0.000897. The lowest BCUT2D eigenvalue weighted by atomic mass is 9.97. The summed E-state index contributed by atoms with van der Waals surface area (Å²) in [7, 11) is 1.43. The van der Waals surface area contributed by atoms with E-state index in [9.17, 15) is 4.79 Å². The molecule has 18 heavy (non-hydrogen) atoms. The van der Waals surface area contributed by atoms with E-state index in [1.165, 1.54) is 7.11 Å². The third kappa shape index (κ3) is 3.06. The minimum atomic E-state index is -0.125. The molecule has 0 atom stereocenters. The van der Waals surface area contributed by atoms with Gasteiger partial charge in [-0.05, 0) is 25.0 Å². The number of hydrogen-bond acceptors (Lipinski definition) is 4. The number of hydrogen-bond donors (Lipinski definition) is 0.